The Kier molecular flexibility index (Phi) is 9.14. The van der Waals surface area contributed by atoms with Crippen LogP contribution in [-0.4, -0.2) is 19.7 Å². The first-order chi connectivity index (χ1) is 9.80. The summed E-state index contributed by atoms with van der Waals surface area (Å²) in [5.41, 5.74) is 1.42. The van der Waals surface area contributed by atoms with Crippen LogP contribution >= 0.6 is 0 Å². The lowest BCUT2D eigenvalue weighted by atomic mass is 10.0. The predicted molar refractivity (Wildman–Crippen MR) is 87.5 cm³/mol. The van der Waals surface area contributed by atoms with Crippen LogP contribution in [0.15, 0.2) is 24.3 Å². The molecule has 1 rings (SSSR count). The van der Waals surface area contributed by atoms with Crippen molar-refractivity contribution in [2.75, 3.05) is 13.7 Å². The molecular weight excluding hydrogens is 246 g/mol. The first kappa shape index (κ1) is 17.0. The van der Waals surface area contributed by atoms with Crippen molar-refractivity contribution in [2.24, 2.45) is 0 Å². The Morgan fingerprint density at radius 1 is 1.00 bits per heavy atom. The molecule has 2 nitrogen and oxygen atoms in total. The molecule has 114 valence electrons. The minimum atomic E-state index is 0.718. The van der Waals surface area contributed by atoms with Gasteiger partial charge in [-0.3, -0.25) is 0 Å². The summed E-state index contributed by atoms with van der Waals surface area (Å²) in [6.07, 6.45) is 8.89. The molecule has 0 amide bonds. The zero-order valence-electron chi connectivity index (χ0n) is 13.5. The van der Waals surface area contributed by atoms with E-state index < -0.39 is 0 Å². The average molecular weight is 277 g/mol. The van der Waals surface area contributed by atoms with Gasteiger partial charge in [0.15, 0.2) is 0 Å². The standard InChI is InChI=1S/C18H31NO/c1-4-8-17(19-15-5-2)10-7-6-9-16-11-13-18(20-3)14-12-16/h11-14,17,19H,4-10,15H2,1-3H3. The van der Waals surface area contributed by atoms with Crippen LogP contribution in [-0.2, 0) is 6.42 Å². The highest BCUT2D eigenvalue weighted by molar-refractivity contribution is 5.27. The molecule has 0 radical (unpaired) electrons. The molecule has 1 aromatic rings. The second-order valence-corrected chi connectivity index (χ2v) is 5.53. The lowest BCUT2D eigenvalue weighted by Gasteiger charge is -2.17. The average Bonchev–Trinajstić information content (AvgIpc) is 2.49. The van der Waals surface area contributed by atoms with Gasteiger partial charge in [-0.15, -0.1) is 0 Å². The SMILES string of the molecule is CCCNC(CCC)CCCCc1ccc(OC)cc1. The van der Waals surface area contributed by atoms with E-state index >= 15 is 0 Å². The summed E-state index contributed by atoms with van der Waals surface area (Å²) >= 11 is 0. The van der Waals surface area contributed by atoms with Gasteiger partial charge in [0.25, 0.3) is 0 Å². The van der Waals surface area contributed by atoms with Crippen LogP contribution in [0, 0.1) is 0 Å². The number of benzene rings is 1. The number of rotatable bonds is 11. The Labute approximate surface area is 124 Å². The molecule has 0 aliphatic heterocycles. The first-order valence-electron chi connectivity index (χ1n) is 8.16. The third-order valence-electron chi connectivity index (χ3n) is 3.75. The van der Waals surface area contributed by atoms with Crippen LogP contribution in [0.4, 0.5) is 0 Å². The molecule has 0 bridgehead atoms. The molecule has 1 N–H and O–H groups in total. The van der Waals surface area contributed by atoms with Crippen molar-refractivity contribution in [3.8, 4) is 5.75 Å². The van der Waals surface area contributed by atoms with Gasteiger partial charge < -0.3 is 10.1 Å². The highest BCUT2D eigenvalue weighted by Crippen LogP contribution is 2.14. The van der Waals surface area contributed by atoms with Crippen LogP contribution in [0.2, 0.25) is 0 Å². The van der Waals surface area contributed by atoms with E-state index in [0.717, 1.165) is 18.3 Å². The molecule has 0 heterocycles. The maximum atomic E-state index is 5.18. The zero-order valence-corrected chi connectivity index (χ0v) is 13.5. The van der Waals surface area contributed by atoms with Crippen molar-refractivity contribution in [3.63, 3.8) is 0 Å². The van der Waals surface area contributed by atoms with Crippen molar-refractivity contribution in [3.05, 3.63) is 29.8 Å². The van der Waals surface area contributed by atoms with E-state index in [1.54, 1.807) is 7.11 Å². The molecule has 1 atom stereocenters. The number of aryl methyl sites for hydroxylation is 1. The molecule has 0 aromatic heterocycles. The van der Waals surface area contributed by atoms with Crippen LogP contribution in [0.5, 0.6) is 5.75 Å². The van der Waals surface area contributed by atoms with Crippen molar-refractivity contribution in [1.82, 2.24) is 5.32 Å². The Bertz CT molecular complexity index is 334. The smallest absolute Gasteiger partial charge is 0.118 e. The van der Waals surface area contributed by atoms with Crippen LogP contribution in [0.3, 0.4) is 0 Å². The molecule has 20 heavy (non-hydrogen) atoms. The lowest BCUT2D eigenvalue weighted by Crippen LogP contribution is -2.29. The summed E-state index contributed by atoms with van der Waals surface area (Å²) in [7, 11) is 1.71. The van der Waals surface area contributed by atoms with Gasteiger partial charge in [-0.2, -0.15) is 0 Å². The summed E-state index contributed by atoms with van der Waals surface area (Å²) in [5.74, 6) is 0.945. The molecule has 0 saturated carbocycles. The van der Waals surface area contributed by atoms with Gasteiger partial charge in [0.2, 0.25) is 0 Å². The first-order valence-corrected chi connectivity index (χ1v) is 8.16. The number of hydrogen-bond acceptors (Lipinski definition) is 2. The van der Waals surface area contributed by atoms with Gasteiger partial charge in [-0.05, 0) is 56.3 Å². The molecular formula is C18H31NO. The monoisotopic (exact) mass is 277 g/mol. The fourth-order valence-electron chi connectivity index (χ4n) is 2.56. The summed E-state index contributed by atoms with van der Waals surface area (Å²) < 4.78 is 5.18. The van der Waals surface area contributed by atoms with E-state index in [2.05, 4.69) is 43.4 Å². The summed E-state index contributed by atoms with van der Waals surface area (Å²) in [6.45, 7) is 5.67. The van der Waals surface area contributed by atoms with Gasteiger partial charge in [0, 0.05) is 6.04 Å². The van der Waals surface area contributed by atoms with E-state index in [-0.39, 0.29) is 0 Å². The third kappa shape index (κ3) is 6.95. The predicted octanol–water partition coefficient (Wildman–Crippen LogP) is 4.58. The van der Waals surface area contributed by atoms with Crippen molar-refractivity contribution < 1.29 is 4.74 Å². The number of nitrogens with one attached hydrogen (secondary N) is 1. The topological polar surface area (TPSA) is 21.3 Å². The minimum Gasteiger partial charge on any atom is -0.497 e. The quantitative estimate of drug-likeness (QED) is 0.598. The third-order valence-corrected chi connectivity index (χ3v) is 3.75. The lowest BCUT2D eigenvalue weighted by molar-refractivity contribution is 0.414. The van der Waals surface area contributed by atoms with E-state index in [4.69, 9.17) is 4.74 Å². The molecule has 0 aliphatic carbocycles. The normalized spacial score (nSPS) is 12.3. The molecule has 0 saturated heterocycles. The van der Waals surface area contributed by atoms with Crippen molar-refractivity contribution >= 4 is 0 Å². The maximum absolute atomic E-state index is 5.18. The van der Waals surface area contributed by atoms with Gasteiger partial charge in [-0.25, -0.2) is 0 Å². The second kappa shape index (κ2) is 10.7. The number of ether oxygens (including phenoxy) is 1. The Morgan fingerprint density at radius 3 is 2.35 bits per heavy atom. The molecule has 1 unspecified atom stereocenters. The highest BCUT2D eigenvalue weighted by Gasteiger charge is 2.05. The molecule has 0 fully saturated rings. The van der Waals surface area contributed by atoms with E-state index in [9.17, 15) is 0 Å². The Morgan fingerprint density at radius 2 is 1.75 bits per heavy atom. The number of hydrogen-bond donors (Lipinski definition) is 1. The number of unbranched alkanes of at least 4 members (excludes halogenated alkanes) is 1. The molecule has 0 aliphatic rings. The highest BCUT2D eigenvalue weighted by atomic mass is 16.5. The molecule has 2 heteroatoms. The van der Waals surface area contributed by atoms with Crippen LogP contribution in [0.25, 0.3) is 0 Å². The molecule has 0 spiro atoms. The van der Waals surface area contributed by atoms with Crippen molar-refractivity contribution in [1.29, 1.82) is 0 Å². The van der Waals surface area contributed by atoms with Crippen LogP contribution in [0.1, 0.15) is 57.9 Å². The largest absolute Gasteiger partial charge is 0.497 e. The van der Waals surface area contributed by atoms with E-state index in [0.29, 0.717) is 0 Å². The maximum Gasteiger partial charge on any atom is 0.118 e. The van der Waals surface area contributed by atoms with Gasteiger partial charge in [-0.1, -0.05) is 38.8 Å². The van der Waals surface area contributed by atoms with Gasteiger partial charge in [0.1, 0.15) is 5.75 Å². The fourth-order valence-corrected chi connectivity index (χ4v) is 2.56. The zero-order chi connectivity index (χ0) is 14.6. The van der Waals surface area contributed by atoms with E-state index in [1.165, 1.54) is 50.5 Å². The number of methoxy groups -OCH3 is 1. The second-order valence-electron chi connectivity index (χ2n) is 5.53. The summed E-state index contributed by atoms with van der Waals surface area (Å²) in [5, 5.41) is 3.67. The molecule has 1 aromatic carbocycles. The summed E-state index contributed by atoms with van der Waals surface area (Å²) in [6, 6.07) is 9.18. The van der Waals surface area contributed by atoms with Gasteiger partial charge in [0.05, 0.1) is 7.11 Å². The Balaban J connectivity index is 2.21. The van der Waals surface area contributed by atoms with Crippen LogP contribution < -0.4 is 10.1 Å². The summed E-state index contributed by atoms with van der Waals surface area (Å²) in [4.78, 5) is 0. The van der Waals surface area contributed by atoms with Gasteiger partial charge >= 0.3 is 0 Å². The van der Waals surface area contributed by atoms with E-state index in [1.807, 2.05) is 0 Å². The Hall–Kier alpha value is -1.02. The fraction of sp³-hybridized carbons (Fsp3) is 0.667. The minimum absolute atomic E-state index is 0.718. The van der Waals surface area contributed by atoms with Crippen molar-refractivity contribution in [2.45, 2.75) is 64.8 Å².